The van der Waals surface area contributed by atoms with Crippen molar-refractivity contribution < 1.29 is 14.1 Å². The van der Waals surface area contributed by atoms with Gasteiger partial charge in [0.05, 0.1) is 12.5 Å². The molecule has 1 amide bonds. The summed E-state index contributed by atoms with van der Waals surface area (Å²) in [5.74, 6) is 1.37. The first-order chi connectivity index (χ1) is 10.3. The highest BCUT2D eigenvalue weighted by Crippen LogP contribution is 2.27. The van der Waals surface area contributed by atoms with E-state index in [1.807, 2.05) is 0 Å². The third kappa shape index (κ3) is 2.92. The number of nitrogens with zero attached hydrogens (tertiary/aromatic N) is 4. The Labute approximate surface area is 121 Å². The second-order valence-corrected chi connectivity index (χ2v) is 4.93. The van der Waals surface area contributed by atoms with Crippen LogP contribution in [-0.4, -0.2) is 52.7 Å². The predicted molar refractivity (Wildman–Crippen MR) is 72.8 cm³/mol. The molecule has 2 aromatic rings. The van der Waals surface area contributed by atoms with E-state index in [9.17, 15) is 4.79 Å². The van der Waals surface area contributed by atoms with Gasteiger partial charge in [-0.2, -0.15) is 4.98 Å². The molecule has 0 N–H and O–H groups in total. The second kappa shape index (κ2) is 6.01. The summed E-state index contributed by atoms with van der Waals surface area (Å²) in [5, 5.41) is 3.91. The maximum atomic E-state index is 12.2. The van der Waals surface area contributed by atoms with Crippen molar-refractivity contribution in [1.29, 1.82) is 0 Å². The number of likely N-dealkylation sites (tertiary alicyclic amines) is 1. The number of amides is 1. The second-order valence-electron chi connectivity index (χ2n) is 4.93. The third-order valence-corrected chi connectivity index (χ3v) is 3.46. The largest absolute Gasteiger partial charge is 0.384 e. The average Bonchev–Trinajstić information content (AvgIpc) is 2.93. The Morgan fingerprint density at radius 1 is 1.43 bits per heavy atom. The minimum absolute atomic E-state index is 0.00720. The fourth-order valence-corrected chi connectivity index (χ4v) is 2.21. The summed E-state index contributed by atoms with van der Waals surface area (Å²) in [4.78, 5) is 22.2. The standard InChI is InChI=1S/C14H16N4O3/c1-20-7-4-12-16-13(21-17-12)11-8-18(9-11)14(19)10-2-5-15-6-3-10/h2-3,5-6,11H,4,7-9H2,1H3. The molecule has 1 fully saturated rings. The minimum Gasteiger partial charge on any atom is -0.384 e. The lowest BCUT2D eigenvalue weighted by Crippen LogP contribution is -2.48. The zero-order valence-electron chi connectivity index (χ0n) is 11.7. The van der Waals surface area contributed by atoms with E-state index in [0.717, 1.165) is 0 Å². The summed E-state index contributed by atoms with van der Waals surface area (Å²) in [5.41, 5.74) is 0.648. The predicted octanol–water partition coefficient (Wildman–Crippen LogP) is 0.893. The summed E-state index contributed by atoms with van der Waals surface area (Å²) in [6.07, 6.45) is 3.86. The van der Waals surface area contributed by atoms with Gasteiger partial charge in [0.1, 0.15) is 0 Å². The summed E-state index contributed by atoms with van der Waals surface area (Å²) in [7, 11) is 1.63. The molecule has 3 heterocycles. The van der Waals surface area contributed by atoms with Crippen molar-refractivity contribution in [2.75, 3.05) is 26.8 Å². The van der Waals surface area contributed by atoms with Crippen molar-refractivity contribution in [3.63, 3.8) is 0 Å². The van der Waals surface area contributed by atoms with Gasteiger partial charge >= 0.3 is 0 Å². The molecule has 0 unspecified atom stereocenters. The number of methoxy groups -OCH3 is 1. The van der Waals surface area contributed by atoms with Gasteiger partial charge in [0.15, 0.2) is 5.82 Å². The molecule has 0 aromatic carbocycles. The highest BCUT2D eigenvalue weighted by atomic mass is 16.5. The molecule has 0 aliphatic carbocycles. The number of hydrogen-bond acceptors (Lipinski definition) is 6. The van der Waals surface area contributed by atoms with Gasteiger partial charge in [0.25, 0.3) is 5.91 Å². The van der Waals surface area contributed by atoms with E-state index < -0.39 is 0 Å². The van der Waals surface area contributed by atoms with Crippen molar-refractivity contribution in [2.45, 2.75) is 12.3 Å². The van der Waals surface area contributed by atoms with Crippen LogP contribution in [0.1, 0.15) is 28.0 Å². The number of hydrogen-bond donors (Lipinski definition) is 0. The molecule has 1 aliphatic rings. The van der Waals surface area contributed by atoms with E-state index in [2.05, 4.69) is 15.1 Å². The highest BCUT2D eigenvalue weighted by molar-refractivity contribution is 5.94. The van der Waals surface area contributed by atoms with E-state index in [1.165, 1.54) is 0 Å². The Morgan fingerprint density at radius 3 is 2.90 bits per heavy atom. The zero-order chi connectivity index (χ0) is 14.7. The number of ether oxygens (including phenoxy) is 1. The molecule has 0 radical (unpaired) electrons. The van der Waals surface area contributed by atoms with E-state index in [-0.39, 0.29) is 11.8 Å². The van der Waals surface area contributed by atoms with Gasteiger partial charge in [0, 0.05) is 44.6 Å². The number of aromatic nitrogens is 3. The Bertz CT molecular complexity index is 608. The maximum Gasteiger partial charge on any atom is 0.254 e. The lowest BCUT2D eigenvalue weighted by atomic mass is 9.99. The van der Waals surface area contributed by atoms with Crippen LogP contribution in [-0.2, 0) is 11.2 Å². The fraction of sp³-hybridized carbons (Fsp3) is 0.429. The van der Waals surface area contributed by atoms with Crippen molar-refractivity contribution >= 4 is 5.91 Å². The summed E-state index contributed by atoms with van der Waals surface area (Å²) < 4.78 is 10.2. The summed E-state index contributed by atoms with van der Waals surface area (Å²) in [6, 6.07) is 3.43. The molecule has 1 saturated heterocycles. The van der Waals surface area contributed by atoms with E-state index in [1.54, 1.807) is 36.5 Å². The van der Waals surface area contributed by atoms with Crippen molar-refractivity contribution in [2.24, 2.45) is 0 Å². The van der Waals surface area contributed by atoms with E-state index in [0.29, 0.717) is 43.4 Å². The molecule has 0 spiro atoms. The smallest absolute Gasteiger partial charge is 0.254 e. The molecule has 7 heteroatoms. The van der Waals surface area contributed by atoms with Crippen LogP contribution >= 0.6 is 0 Å². The van der Waals surface area contributed by atoms with E-state index >= 15 is 0 Å². The Kier molecular flexibility index (Phi) is 3.92. The van der Waals surface area contributed by atoms with Crippen LogP contribution in [0.2, 0.25) is 0 Å². The number of pyridine rings is 1. The molecule has 21 heavy (non-hydrogen) atoms. The normalized spacial score (nSPS) is 15.0. The first-order valence-corrected chi connectivity index (χ1v) is 6.78. The molecule has 3 rings (SSSR count). The van der Waals surface area contributed by atoms with Gasteiger partial charge in [-0.15, -0.1) is 0 Å². The first-order valence-electron chi connectivity index (χ1n) is 6.78. The molecular formula is C14H16N4O3. The van der Waals surface area contributed by atoms with Crippen molar-refractivity contribution in [3.8, 4) is 0 Å². The van der Waals surface area contributed by atoms with Crippen LogP contribution in [0, 0.1) is 0 Å². The van der Waals surface area contributed by atoms with Gasteiger partial charge < -0.3 is 14.2 Å². The third-order valence-electron chi connectivity index (χ3n) is 3.46. The Balaban J connectivity index is 1.56. The van der Waals surface area contributed by atoms with Crippen LogP contribution in [0.4, 0.5) is 0 Å². The SMILES string of the molecule is COCCc1noc(C2CN(C(=O)c3ccncc3)C2)n1. The van der Waals surface area contributed by atoms with Crippen molar-refractivity contribution in [3.05, 3.63) is 41.8 Å². The Morgan fingerprint density at radius 2 is 2.19 bits per heavy atom. The number of carbonyl (C=O) groups excluding carboxylic acids is 1. The summed E-state index contributed by atoms with van der Waals surface area (Å²) >= 11 is 0. The lowest BCUT2D eigenvalue weighted by molar-refractivity contribution is 0.0569. The Hall–Kier alpha value is -2.28. The minimum atomic E-state index is 0.00720. The molecule has 7 nitrogen and oxygen atoms in total. The lowest BCUT2D eigenvalue weighted by Gasteiger charge is -2.37. The van der Waals surface area contributed by atoms with Gasteiger partial charge in [-0.25, -0.2) is 0 Å². The van der Waals surface area contributed by atoms with Crippen molar-refractivity contribution in [1.82, 2.24) is 20.0 Å². The van der Waals surface area contributed by atoms with E-state index in [4.69, 9.17) is 9.26 Å². The molecular weight excluding hydrogens is 272 g/mol. The van der Waals surface area contributed by atoms with Gasteiger partial charge in [0.2, 0.25) is 5.89 Å². The van der Waals surface area contributed by atoms with Crippen LogP contribution in [0.15, 0.2) is 29.0 Å². The van der Waals surface area contributed by atoms with Crippen LogP contribution in [0.25, 0.3) is 0 Å². The molecule has 0 saturated carbocycles. The van der Waals surface area contributed by atoms with Crippen LogP contribution < -0.4 is 0 Å². The van der Waals surface area contributed by atoms with Gasteiger partial charge in [-0.1, -0.05) is 5.16 Å². The monoisotopic (exact) mass is 288 g/mol. The zero-order valence-corrected chi connectivity index (χ0v) is 11.7. The number of rotatable bonds is 5. The molecule has 0 atom stereocenters. The molecule has 0 bridgehead atoms. The van der Waals surface area contributed by atoms with Gasteiger partial charge in [-0.05, 0) is 12.1 Å². The molecule has 2 aromatic heterocycles. The number of carbonyl (C=O) groups is 1. The average molecular weight is 288 g/mol. The topological polar surface area (TPSA) is 81.4 Å². The van der Waals surface area contributed by atoms with Gasteiger partial charge in [-0.3, -0.25) is 9.78 Å². The highest BCUT2D eigenvalue weighted by Gasteiger charge is 2.35. The summed E-state index contributed by atoms with van der Waals surface area (Å²) in [6.45, 7) is 1.77. The quantitative estimate of drug-likeness (QED) is 0.813. The van der Waals surface area contributed by atoms with Crippen LogP contribution in [0.5, 0.6) is 0 Å². The van der Waals surface area contributed by atoms with Crippen LogP contribution in [0.3, 0.4) is 0 Å². The fourth-order valence-electron chi connectivity index (χ4n) is 2.21. The maximum absolute atomic E-state index is 12.2. The molecule has 1 aliphatic heterocycles. The molecule has 110 valence electrons. The first kappa shape index (κ1) is 13.7.